The summed E-state index contributed by atoms with van der Waals surface area (Å²) in [5.74, 6) is 0.912. The Morgan fingerprint density at radius 2 is 2.25 bits per heavy atom. The molecule has 12 heavy (non-hydrogen) atoms. The zero-order valence-corrected chi connectivity index (χ0v) is 8.69. The molecule has 0 heterocycles. The fourth-order valence-corrected chi connectivity index (χ4v) is 1.29. The van der Waals surface area contributed by atoms with Crippen molar-refractivity contribution in [2.24, 2.45) is 5.73 Å². The Morgan fingerprint density at radius 1 is 1.67 bits per heavy atom. The fourth-order valence-electron chi connectivity index (χ4n) is 0.805. The monoisotopic (exact) mass is 191 g/mol. The molecular formula is C8H17NO2S. The molecule has 0 fully saturated rings. The highest BCUT2D eigenvalue weighted by atomic mass is 32.2. The normalized spacial score (nSPS) is 15.7. The third-order valence-electron chi connectivity index (χ3n) is 1.75. The Labute approximate surface area is 78.0 Å². The summed E-state index contributed by atoms with van der Waals surface area (Å²) in [6, 6.07) is -0.368. The van der Waals surface area contributed by atoms with E-state index in [1.807, 2.05) is 6.26 Å². The number of carbonyl (C=O) groups is 1. The minimum Gasteiger partial charge on any atom is -0.374 e. The standard InChI is InChI=1S/C8H17NO2S/c1-6(11-2)8(10)7(9)4-5-12-3/h6-7H,4-5,9H2,1-3H3. The molecule has 0 aliphatic heterocycles. The number of carbonyl (C=O) groups excluding carboxylic acids is 1. The van der Waals surface area contributed by atoms with Crippen molar-refractivity contribution in [3.63, 3.8) is 0 Å². The fraction of sp³-hybridized carbons (Fsp3) is 0.875. The third kappa shape index (κ3) is 4.09. The molecule has 0 aromatic rings. The van der Waals surface area contributed by atoms with Crippen molar-refractivity contribution in [3.8, 4) is 0 Å². The highest BCUT2D eigenvalue weighted by molar-refractivity contribution is 7.98. The van der Waals surface area contributed by atoms with E-state index in [9.17, 15) is 4.79 Å². The van der Waals surface area contributed by atoms with Gasteiger partial charge in [-0.2, -0.15) is 11.8 Å². The first-order valence-corrected chi connectivity index (χ1v) is 5.34. The van der Waals surface area contributed by atoms with Gasteiger partial charge in [0.15, 0.2) is 5.78 Å². The molecule has 0 amide bonds. The molecule has 0 rings (SSSR count). The molecule has 0 saturated carbocycles. The summed E-state index contributed by atoms with van der Waals surface area (Å²) >= 11 is 1.69. The predicted molar refractivity (Wildman–Crippen MR) is 52.5 cm³/mol. The maximum atomic E-state index is 11.3. The van der Waals surface area contributed by atoms with Gasteiger partial charge in [0, 0.05) is 7.11 Å². The Bertz CT molecular complexity index is 141. The van der Waals surface area contributed by atoms with Crippen LogP contribution in [0.15, 0.2) is 0 Å². The molecule has 72 valence electrons. The largest absolute Gasteiger partial charge is 0.374 e. The van der Waals surface area contributed by atoms with E-state index in [0.29, 0.717) is 0 Å². The van der Waals surface area contributed by atoms with Crippen molar-refractivity contribution in [1.29, 1.82) is 0 Å². The number of methoxy groups -OCH3 is 1. The maximum absolute atomic E-state index is 11.3. The second-order valence-corrected chi connectivity index (χ2v) is 3.65. The molecule has 0 aromatic carbocycles. The second kappa shape index (κ2) is 6.46. The summed E-state index contributed by atoms with van der Waals surface area (Å²) in [6.45, 7) is 1.72. The van der Waals surface area contributed by atoms with E-state index < -0.39 is 0 Å². The van der Waals surface area contributed by atoms with Gasteiger partial charge in [-0.3, -0.25) is 4.79 Å². The van der Waals surface area contributed by atoms with Crippen LogP contribution in [-0.2, 0) is 9.53 Å². The minimum atomic E-state index is -0.373. The van der Waals surface area contributed by atoms with Crippen LogP contribution in [0.2, 0.25) is 0 Å². The number of hydrogen-bond donors (Lipinski definition) is 1. The summed E-state index contributed by atoms with van der Waals surface area (Å²) in [4.78, 5) is 11.3. The predicted octanol–water partition coefficient (Wildman–Crippen LogP) is 0.671. The van der Waals surface area contributed by atoms with Gasteiger partial charge >= 0.3 is 0 Å². The number of rotatable bonds is 6. The van der Waals surface area contributed by atoms with Gasteiger partial charge in [0.2, 0.25) is 0 Å². The van der Waals surface area contributed by atoms with Gasteiger partial charge in [0.25, 0.3) is 0 Å². The van der Waals surface area contributed by atoms with Crippen molar-refractivity contribution < 1.29 is 9.53 Å². The molecule has 3 nitrogen and oxygen atoms in total. The van der Waals surface area contributed by atoms with Gasteiger partial charge < -0.3 is 10.5 Å². The zero-order chi connectivity index (χ0) is 9.56. The van der Waals surface area contributed by atoms with E-state index in [-0.39, 0.29) is 17.9 Å². The van der Waals surface area contributed by atoms with Gasteiger partial charge in [-0.05, 0) is 25.4 Å². The Morgan fingerprint density at radius 3 is 2.67 bits per heavy atom. The first-order valence-electron chi connectivity index (χ1n) is 3.94. The number of thioether (sulfide) groups is 1. The number of hydrogen-bond acceptors (Lipinski definition) is 4. The van der Waals surface area contributed by atoms with E-state index in [0.717, 1.165) is 12.2 Å². The van der Waals surface area contributed by atoms with Crippen molar-refractivity contribution in [2.75, 3.05) is 19.1 Å². The van der Waals surface area contributed by atoms with E-state index in [2.05, 4.69) is 0 Å². The van der Waals surface area contributed by atoms with E-state index in [1.165, 1.54) is 7.11 Å². The first-order chi connectivity index (χ1) is 5.63. The molecule has 2 atom stereocenters. The quantitative estimate of drug-likeness (QED) is 0.670. The smallest absolute Gasteiger partial charge is 0.177 e. The molecule has 0 aliphatic rings. The van der Waals surface area contributed by atoms with Crippen LogP contribution < -0.4 is 5.73 Å². The highest BCUT2D eigenvalue weighted by Crippen LogP contribution is 2.02. The average molecular weight is 191 g/mol. The number of nitrogens with two attached hydrogens (primary N) is 1. The summed E-state index contributed by atoms with van der Waals surface area (Å²) in [6.07, 6.45) is 2.35. The molecule has 0 aliphatic carbocycles. The summed E-state index contributed by atoms with van der Waals surface area (Å²) in [5, 5.41) is 0. The topological polar surface area (TPSA) is 52.3 Å². The van der Waals surface area contributed by atoms with Crippen LogP contribution in [0.5, 0.6) is 0 Å². The maximum Gasteiger partial charge on any atom is 0.177 e. The van der Waals surface area contributed by atoms with Crippen molar-refractivity contribution in [2.45, 2.75) is 25.5 Å². The van der Waals surface area contributed by atoms with Gasteiger partial charge in [0.05, 0.1) is 6.04 Å². The van der Waals surface area contributed by atoms with Crippen LogP contribution in [0.3, 0.4) is 0 Å². The number of ketones is 1. The summed E-state index contributed by atoms with van der Waals surface area (Å²) < 4.78 is 4.88. The van der Waals surface area contributed by atoms with Crippen LogP contribution in [0.4, 0.5) is 0 Å². The third-order valence-corrected chi connectivity index (χ3v) is 2.40. The lowest BCUT2D eigenvalue weighted by molar-refractivity contribution is -0.129. The van der Waals surface area contributed by atoms with E-state index >= 15 is 0 Å². The van der Waals surface area contributed by atoms with Crippen molar-refractivity contribution in [3.05, 3.63) is 0 Å². The van der Waals surface area contributed by atoms with Gasteiger partial charge in [0.1, 0.15) is 6.10 Å². The molecule has 4 heteroatoms. The van der Waals surface area contributed by atoms with Gasteiger partial charge in [-0.15, -0.1) is 0 Å². The minimum absolute atomic E-state index is 0.00782. The van der Waals surface area contributed by atoms with Crippen molar-refractivity contribution in [1.82, 2.24) is 0 Å². The second-order valence-electron chi connectivity index (χ2n) is 2.67. The van der Waals surface area contributed by atoms with Crippen molar-refractivity contribution >= 4 is 17.5 Å². The lowest BCUT2D eigenvalue weighted by Crippen LogP contribution is -2.38. The zero-order valence-electron chi connectivity index (χ0n) is 7.87. The number of ether oxygens (including phenoxy) is 1. The summed E-state index contributed by atoms with van der Waals surface area (Å²) in [7, 11) is 1.52. The van der Waals surface area contributed by atoms with Gasteiger partial charge in [-0.1, -0.05) is 0 Å². The lowest BCUT2D eigenvalue weighted by Gasteiger charge is -2.13. The molecule has 2 unspecified atom stereocenters. The SMILES string of the molecule is COC(C)C(=O)C(N)CCSC. The molecule has 0 aromatic heterocycles. The van der Waals surface area contributed by atoms with Gasteiger partial charge in [-0.25, -0.2) is 0 Å². The molecule has 0 bridgehead atoms. The molecule has 0 saturated heterocycles. The first kappa shape index (κ1) is 11.9. The Hall–Kier alpha value is -0.0600. The molecule has 0 radical (unpaired) electrons. The van der Waals surface area contributed by atoms with Crippen LogP contribution in [0.1, 0.15) is 13.3 Å². The van der Waals surface area contributed by atoms with Crippen LogP contribution >= 0.6 is 11.8 Å². The van der Waals surface area contributed by atoms with Crippen LogP contribution in [0, 0.1) is 0 Å². The average Bonchev–Trinajstić information content (AvgIpc) is 2.11. The lowest BCUT2D eigenvalue weighted by atomic mass is 10.1. The Balaban J connectivity index is 3.75. The molecule has 0 spiro atoms. The number of Topliss-reactive ketones (excluding diaryl/α,β-unsaturated/α-hetero) is 1. The van der Waals surface area contributed by atoms with E-state index in [4.69, 9.17) is 10.5 Å². The van der Waals surface area contributed by atoms with Crippen LogP contribution in [-0.4, -0.2) is 37.0 Å². The molecular weight excluding hydrogens is 174 g/mol. The van der Waals surface area contributed by atoms with E-state index in [1.54, 1.807) is 18.7 Å². The molecule has 2 N–H and O–H groups in total. The van der Waals surface area contributed by atoms with Crippen LogP contribution in [0.25, 0.3) is 0 Å². The highest BCUT2D eigenvalue weighted by Gasteiger charge is 2.19. The Kier molecular flexibility index (Phi) is 6.42. The summed E-state index contributed by atoms with van der Waals surface area (Å²) in [5.41, 5.74) is 5.64.